The minimum absolute atomic E-state index is 0.629. The summed E-state index contributed by atoms with van der Waals surface area (Å²) >= 11 is 8.23. The third kappa shape index (κ3) is 2.92. The summed E-state index contributed by atoms with van der Waals surface area (Å²) in [6.45, 7) is 4.36. The lowest BCUT2D eigenvalue weighted by Crippen LogP contribution is -1.90. The van der Waals surface area contributed by atoms with Crippen LogP contribution in [0, 0.1) is 3.95 Å². The quantitative estimate of drug-likeness (QED) is 0.608. The van der Waals surface area contributed by atoms with Gasteiger partial charge in [-0.3, -0.25) is 5.10 Å². The molecule has 0 aliphatic carbocycles. The molecule has 0 fully saturated rings. The fraction of sp³-hybridized carbons (Fsp3) is 0.667. The molecule has 0 aromatic carbocycles. The summed E-state index contributed by atoms with van der Waals surface area (Å²) in [5.74, 6) is 0. The zero-order chi connectivity index (χ0) is 8.27. The number of aromatic nitrogens is 2. The van der Waals surface area contributed by atoms with Gasteiger partial charge in [-0.1, -0.05) is 36.9 Å². The van der Waals surface area contributed by atoms with Gasteiger partial charge >= 0.3 is 0 Å². The van der Waals surface area contributed by atoms with Crippen molar-refractivity contribution in [1.82, 2.24) is 10.2 Å². The normalized spacial score (nSPS) is 13.3. The van der Waals surface area contributed by atoms with Crippen molar-refractivity contribution in [2.75, 3.05) is 0 Å². The van der Waals surface area contributed by atoms with Crippen LogP contribution in [0.4, 0.5) is 0 Å². The molecule has 1 aromatic heterocycles. The van der Waals surface area contributed by atoms with Crippen LogP contribution < -0.4 is 0 Å². The van der Waals surface area contributed by atoms with Crippen LogP contribution in [0.3, 0.4) is 0 Å². The Bertz CT molecular complexity index is 265. The average Bonchev–Trinajstić information content (AvgIpc) is 2.35. The first-order valence-electron chi connectivity index (χ1n) is 3.44. The van der Waals surface area contributed by atoms with Gasteiger partial charge in [0.25, 0.3) is 0 Å². The first kappa shape index (κ1) is 9.22. The molecule has 62 valence electrons. The van der Waals surface area contributed by atoms with Crippen LogP contribution in [0.25, 0.3) is 0 Å². The fourth-order valence-electron chi connectivity index (χ4n) is 0.522. The molecular formula is C6H10N2S3. The highest BCUT2D eigenvalue weighted by atomic mass is 32.2. The maximum absolute atomic E-state index is 4.91. The molecule has 0 saturated carbocycles. The number of thioether (sulfide) groups is 1. The molecular weight excluding hydrogens is 196 g/mol. The van der Waals surface area contributed by atoms with Gasteiger partial charge in [-0.25, -0.2) is 0 Å². The van der Waals surface area contributed by atoms with E-state index >= 15 is 0 Å². The van der Waals surface area contributed by atoms with E-state index in [9.17, 15) is 0 Å². The molecule has 1 rings (SSSR count). The number of hydrogen-bond donors (Lipinski definition) is 1. The van der Waals surface area contributed by atoms with E-state index in [0.717, 1.165) is 14.7 Å². The molecule has 1 unspecified atom stereocenters. The Morgan fingerprint density at radius 2 is 2.55 bits per heavy atom. The smallest absolute Gasteiger partial charge is 0.177 e. The Kier molecular flexibility index (Phi) is 3.54. The van der Waals surface area contributed by atoms with Gasteiger partial charge in [0, 0.05) is 5.25 Å². The predicted octanol–water partition coefficient (Wildman–Crippen LogP) is 3.09. The standard InChI is InChI=1S/C6H10N2S3/c1-3-4(2)10-6-8-7-5(9)11-6/h4H,3H2,1-2H3,(H,7,9). The van der Waals surface area contributed by atoms with Crippen molar-refractivity contribution in [1.29, 1.82) is 0 Å². The lowest BCUT2D eigenvalue weighted by Gasteiger charge is -2.02. The van der Waals surface area contributed by atoms with Crippen LogP contribution in [-0.2, 0) is 0 Å². The van der Waals surface area contributed by atoms with Crippen molar-refractivity contribution in [2.45, 2.75) is 29.9 Å². The number of aromatic amines is 1. The van der Waals surface area contributed by atoms with E-state index < -0.39 is 0 Å². The van der Waals surface area contributed by atoms with E-state index in [1.165, 1.54) is 0 Å². The second kappa shape index (κ2) is 4.23. The Hall–Kier alpha value is 0.130. The van der Waals surface area contributed by atoms with Crippen LogP contribution in [0.5, 0.6) is 0 Å². The van der Waals surface area contributed by atoms with E-state index in [0.29, 0.717) is 5.25 Å². The molecule has 0 aliphatic rings. The molecule has 1 atom stereocenters. The third-order valence-electron chi connectivity index (χ3n) is 1.30. The van der Waals surface area contributed by atoms with Gasteiger partial charge in [0.05, 0.1) is 0 Å². The van der Waals surface area contributed by atoms with Crippen molar-refractivity contribution in [3.05, 3.63) is 3.95 Å². The zero-order valence-corrected chi connectivity index (χ0v) is 8.91. The van der Waals surface area contributed by atoms with E-state index in [1.807, 2.05) is 0 Å². The molecule has 0 spiro atoms. The Labute approximate surface area is 79.4 Å². The first-order chi connectivity index (χ1) is 5.22. The highest BCUT2D eigenvalue weighted by molar-refractivity contribution is 8.01. The van der Waals surface area contributed by atoms with Crippen LogP contribution in [0.2, 0.25) is 0 Å². The molecule has 0 aliphatic heterocycles. The monoisotopic (exact) mass is 206 g/mol. The lowest BCUT2D eigenvalue weighted by molar-refractivity contribution is 0.899. The molecule has 0 radical (unpaired) electrons. The third-order valence-corrected chi connectivity index (χ3v) is 3.75. The van der Waals surface area contributed by atoms with Crippen LogP contribution in [-0.4, -0.2) is 15.4 Å². The van der Waals surface area contributed by atoms with Gasteiger partial charge < -0.3 is 0 Å². The molecule has 2 nitrogen and oxygen atoms in total. The summed E-state index contributed by atoms with van der Waals surface area (Å²) < 4.78 is 1.81. The van der Waals surface area contributed by atoms with Gasteiger partial charge in [-0.05, 0) is 18.6 Å². The lowest BCUT2D eigenvalue weighted by atomic mass is 10.4. The molecule has 1 N–H and O–H groups in total. The summed E-state index contributed by atoms with van der Waals surface area (Å²) in [6.07, 6.45) is 1.16. The van der Waals surface area contributed by atoms with Crippen LogP contribution >= 0.6 is 35.3 Å². The molecule has 0 amide bonds. The number of hydrogen-bond acceptors (Lipinski definition) is 4. The topological polar surface area (TPSA) is 28.7 Å². The van der Waals surface area contributed by atoms with E-state index in [2.05, 4.69) is 24.0 Å². The zero-order valence-electron chi connectivity index (χ0n) is 6.46. The second-order valence-electron chi connectivity index (χ2n) is 2.22. The Balaban J connectivity index is 2.57. The average molecular weight is 206 g/mol. The summed E-state index contributed by atoms with van der Waals surface area (Å²) in [7, 11) is 0. The van der Waals surface area contributed by atoms with E-state index in [4.69, 9.17) is 12.2 Å². The predicted molar refractivity (Wildman–Crippen MR) is 52.9 cm³/mol. The van der Waals surface area contributed by atoms with Gasteiger partial charge in [-0.2, -0.15) is 5.10 Å². The number of nitrogens with zero attached hydrogens (tertiary/aromatic N) is 1. The molecule has 1 heterocycles. The van der Waals surface area contributed by atoms with E-state index in [1.54, 1.807) is 23.1 Å². The Morgan fingerprint density at radius 1 is 1.82 bits per heavy atom. The largest absolute Gasteiger partial charge is 0.257 e. The second-order valence-corrected chi connectivity index (χ2v) is 5.57. The summed E-state index contributed by atoms with van der Waals surface area (Å²) in [4.78, 5) is 0. The molecule has 0 bridgehead atoms. The Morgan fingerprint density at radius 3 is 3.00 bits per heavy atom. The fourth-order valence-corrected chi connectivity index (χ4v) is 2.85. The van der Waals surface area contributed by atoms with Gasteiger partial charge in [0.1, 0.15) is 0 Å². The minimum atomic E-state index is 0.629. The van der Waals surface area contributed by atoms with Crippen molar-refractivity contribution in [3.8, 4) is 0 Å². The summed E-state index contributed by atoms with van der Waals surface area (Å²) in [5, 5.41) is 7.45. The van der Waals surface area contributed by atoms with Crippen molar-refractivity contribution in [2.24, 2.45) is 0 Å². The van der Waals surface area contributed by atoms with Gasteiger partial charge in [0.2, 0.25) is 0 Å². The highest BCUT2D eigenvalue weighted by Gasteiger charge is 2.03. The van der Waals surface area contributed by atoms with Crippen molar-refractivity contribution < 1.29 is 0 Å². The van der Waals surface area contributed by atoms with Crippen LogP contribution in [0.1, 0.15) is 20.3 Å². The number of H-pyrrole nitrogens is 1. The molecule has 1 aromatic rings. The molecule has 0 saturated heterocycles. The summed E-state index contributed by atoms with van der Waals surface area (Å²) in [5.41, 5.74) is 0. The minimum Gasteiger partial charge on any atom is -0.257 e. The summed E-state index contributed by atoms with van der Waals surface area (Å²) in [6, 6.07) is 0. The van der Waals surface area contributed by atoms with Gasteiger partial charge in [-0.15, -0.1) is 0 Å². The van der Waals surface area contributed by atoms with E-state index in [-0.39, 0.29) is 0 Å². The van der Waals surface area contributed by atoms with Gasteiger partial charge in [0.15, 0.2) is 8.29 Å². The van der Waals surface area contributed by atoms with Crippen LogP contribution in [0.15, 0.2) is 4.34 Å². The number of rotatable bonds is 3. The molecule has 11 heavy (non-hydrogen) atoms. The maximum atomic E-state index is 4.91. The molecule has 5 heteroatoms. The first-order valence-corrected chi connectivity index (χ1v) is 5.55. The highest BCUT2D eigenvalue weighted by Crippen LogP contribution is 2.26. The SMILES string of the molecule is CCC(C)Sc1n[nH]c(=S)s1. The van der Waals surface area contributed by atoms with Crippen molar-refractivity contribution in [3.63, 3.8) is 0 Å². The number of nitrogens with one attached hydrogen (secondary N) is 1. The maximum Gasteiger partial charge on any atom is 0.177 e. The van der Waals surface area contributed by atoms with Crippen molar-refractivity contribution >= 4 is 35.3 Å².